The van der Waals surface area contributed by atoms with Crippen molar-refractivity contribution in [2.75, 3.05) is 0 Å². The van der Waals surface area contributed by atoms with Crippen LogP contribution in [-0.4, -0.2) is 11.2 Å². The molecule has 1 N–H and O–H groups in total. The lowest BCUT2D eigenvalue weighted by molar-refractivity contribution is -0.00549. The minimum atomic E-state index is -0.0613. The quantitative estimate of drug-likeness (QED) is 0.592. The molecule has 0 aromatic heterocycles. The fourth-order valence-electron chi connectivity index (χ4n) is 2.36. The van der Waals surface area contributed by atoms with Crippen LogP contribution in [0.4, 0.5) is 0 Å². The van der Waals surface area contributed by atoms with Crippen molar-refractivity contribution in [2.45, 2.75) is 53.1 Å². The summed E-state index contributed by atoms with van der Waals surface area (Å²) >= 11 is 0. The first-order chi connectivity index (χ1) is 5.41. The smallest absolute Gasteiger partial charge is 0.0575 e. The average Bonchev–Trinajstić information content (AvgIpc) is 1.83. The van der Waals surface area contributed by atoms with Gasteiger partial charge in [0.25, 0.3) is 0 Å². The summed E-state index contributed by atoms with van der Waals surface area (Å²) in [5, 5.41) is 9.87. The van der Waals surface area contributed by atoms with E-state index in [0.29, 0.717) is 5.92 Å². The van der Waals surface area contributed by atoms with Gasteiger partial charge in [0.2, 0.25) is 0 Å². The Morgan fingerprint density at radius 2 is 1.75 bits per heavy atom. The third-order valence-electron chi connectivity index (χ3n) is 3.19. The predicted octanol–water partition coefficient (Wildman–Crippen LogP) is 2.83. The van der Waals surface area contributed by atoms with Gasteiger partial charge in [0.1, 0.15) is 0 Å². The van der Waals surface area contributed by atoms with Crippen molar-refractivity contribution in [3.63, 3.8) is 0 Å². The number of rotatable bonds is 0. The Kier molecular flexibility index (Phi) is 2.82. The molecule has 0 heterocycles. The molecule has 0 aromatic rings. The van der Waals surface area contributed by atoms with Crippen LogP contribution in [0.25, 0.3) is 0 Å². The number of aliphatic hydroxyl groups is 1. The molecular formula is C11H22O. The van der Waals surface area contributed by atoms with Crippen LogP contribution in [0, 0.1) is 17.3 Å². The second-order valence-electron chi connectivity index (χ2n) is 5.46. The van der Waals surface area contributed by atoms with E-state index in [0.717, 1.165) is 12.3 Å². The summed E-state index contributed by atoms with van der Waals surface area (Å²) in [4.78, 5) is 0. The Balaban J connectivity index is 2.57. The SMILES string of the molecule is C[C@H]1CC[C@@H](C(C)(C)C)[C@@H](O)C1. The van der Waals surface area contributed by atoms with Crippen LogP contribution >= 0.6 is 0 Å². The van der Waals surface area contributed by atoms with Crippen LogP contribution in [0.1, 0.15) is 47.0 Å². The standard InChI is InChI=1S/C11H22O/c1-8-5-6-9(10(12)7-8)11(2,3)4/h8-10,12H,5-7H2,1-4H3/t8-,9+,10-/m0/s1. The van der Waals surface area contributed by atoms with Gasteiger partial charge in [-0.1, -0.05) is 34.1 Å². The average molecular weight is 170 g/mol. The first kappa shape index (κ1) is 10.0. The van der Waals surface area contributed by atoms with Crippen LogP contribution in [0.5, 0.6) is 0 Å². The normalized spacial score (nSPS) is 38.2. The summed E-state index contributed by atoms with van der Waals surface area (Å²) in [6.07, 6.45) is 3.43. The summed E-state index contributed by atoms with van der Waals surface area (Å²) in [5.41, 5.74) is 0.277. The van der Waals surface area contributed by atoms with E-state index in [4.69, 9.17) is 0 Å². The van der Waals surface area contributed by atoms with Crippen molar-refractivity contribution < 1.29 is 5.11 Å². The maximum absolute atomic E-state index is 9.87. The molecule has 0 bridgehead atoms. The minimum absolute atomic E-state index is 0.0613. The highest BCUT2D eigenvalue weighted by Gasteiger charge is 2.34. The fourth-order valence-corrected chi connectivity index (χ4v) is 2.36. The Bertz CT molecular complexity index is 146. The molecule has 0 aliphatic heterocycles. The van der Waals surface area contributed by atoms with E-state index in [1.54, 1.807) is 0 Å². The van der Waals surface area contributed by atoms with E-state index in [1.165, 1.54) is 12.8 Å². The molecular weight excluding hydrogens is 148 g/mol. The molecule has 0 saturated heterocycles. The number of hydrogen-bond donors (Lipinski definition) is 1. The van der Waals surface area contributed by atoms with Gasteiger partial charge < -0.3 is 5.11 Å². The Morgan fingerprint density at radius 1 is 1.17 bits per heavy atom. The molecule has 0 amide bonds. The van der Waals surface area contributed by atoms with Crippen molar-refractivity contribution in [1.29, 1.82) is 0 Å². The van der Waals surface area contributed by atoms with E-state index >= 15 is 0 Å². The van der Waals surface area contributed by atoms with E-state index in [-0.39, 0.29) is 11.5 Å². The molecule has 12 heavy (non-hydrogen) atoms. The molecule has 3 atom stereocenters. The first-order valence-electron chi connectivity index (χ1n) is 5.09. The Morgan fingerprint density at radius 3 is 2.17 bits per heavy atom. The molecule has 1 heteroatoms. The fraction of sp³-hybridized carbons (Fsp3) is 1.00. The highest BCUT2D eigenvalue weighted by Crippen LogP contribution is 2.39. The van der Waals surface area contributed by atoms with Crippen molar-refractivity contribution in [1.82, 2.24) is 0 Å². The highest BCUT2D eigenvalue weighted by atomic mass is 16.3. The van der Waals surface area contributed by atoms with Gasteiger partial charge >= 0.3 is 0 Å². The molecule has 1 saturated carbocycles. The van der Waals surface area contributed by atoms with Crippen molar-refractivity contribution in [3.05, 3.63) is 0 Å². The molecule has 1 nitrogen and oxygen atoms in total. The summed E-state index contributed by atoms with van der Waals surface area (Å²) in [5.74, 6) is 1.23. The predicted molar refractivity (Wildman–Crippen MR) is 52.0 cm³/mol. The monoisotopic (exact) mass is 170 g/mol. The molecule has 0 unspecified atom stereocenters. The maximum Gasteiger partial charge on any atom is 0.0575 e. The first-order valence-corrected chi connectivity index (χ1v) is 5.09. The maximum atomic E-state index is 9.87. The van der Waals surface area contributed by atoms with Gasteiger partial charge in [0, 0.05) is 0 Å². The minimum Gasteiger partial charge on any atom is -0.393 e. The van der Waals surface area contributed by atoms with Crippen molar-refractivity contribution in [2.24, 2.45) is 17.3 Å². The van der Waals surface area contributed by atoms with Crippen molar-refractivity contribution in [3.8, 4) is 0 Å². The summed E-state index contributed by atoms with van der Waals surface area (Å²) in [7, 11) is 0. The molecule has 1 aliphatic carbocycles. The van der Waals surface area contributed by atoms with Gasteiger partial charge in [-0.05, 0) is 30.1 Å². The largest absolute Gasteiger partial charge is 0.393 e. The Labute approximate surface area is 76.2 Å². The van der Waals surface area contributed by atoms with Crippen LogP contribution in [0.15, 0.2) is 0 Å². The summed E-state index contributed by atoms with van der Waals surface area (Å²) in [6, 6.07) is 0. The van der Waals surface area contributed by atoms with E-state index in [9.17, 15) is 5.11 Å². The zero-order chi connectivity index (χ0) is 9.35. The van der Waals surface area contributed by atoms with Crippen LogP contribution < -0.4 is 0 Å². The topological polar surface area (TPSA) is 20.2 Å². The van der Waals surface area contributed by atoms with Gasteiger partial charge in [-0.15, -0.1) is 0 Å². The van der Waals surface area contributed by atoms with Gasteiger partial charge in [-0.25, -0.2) is 0 Å². The van der Waals surface area contributed by atoms with Gasteiger partial charge in [0.05, 0.1) is 6.10 Å². The van der Waals surface area contributed by atoms with Gasteiger partial charge in [0.15, 0.2) is 0 Å². The highest BCUT2D eigenvalue weighted by molar-refractivity contribution is 4.85. The molecule has 0 spiro atoms. The molecule has 1 aliphatic rings. The second-order valence-corrected chi connectivity index (χ2v) is 5.46. The molecule has 72 valence electrons. The van der Waals surface area contributed by atoms with Gasteiger partial charge in [-0.2, -0.15) is 0 Å². The molecule has 0 radical (unpaired) electrons. The lowest BCUT2D eigenvalue weighted by atomic mass is 9.68. The summed E-state index contributed by atoms with van der Waals surface area (Å²) in [6.45, 7) is 8.94. The molecule has 1 rings (SSSR count). The van der Waals surface area contributed by atoms with Crippen LogP contribution in [-0.2, 0) is 0 Å². The van der Waals surface area contributed by atoms with E-state index in [1.807, 2.05) is 0 Å². The molecule has 0 aromatic carbocycles. The molecule has 1 fully saturated rings. The lowest BCUT2D eigenvalue weighted by Gasteiger charge is -2.39. The summed E-state index contributed by atoms with van der Waals surface area (Å²) < 4.78 is 0. The number of aliphatic hydroxyl groups excluding tert-OH is 1. The third-order valence-corrected chi connectivity index (χ3v) is 3.19. The van der Waals surface area contributed by atoms with Gasteiger partial charge in [-0.3, -0.25) is 0 Å². The zero-order valence-electron chi connectivity index (χ0n) is 8.80. The zero-order valence-corrected chi connectivity index (χ0v) is 8.80. The van der Waals surface area contributed by atoms with E-state index in [2.05, 4.69) is 27.7 Å². The van der Waals surface area contributed by atoms with Crippen molar-refractivity contribution >= 4 is 0 Å². The van der Waals surface area contributed by atoms with Crippen LogP contribution in [0.3, 0.4) is 0 Å². The van der Waals surface area contributed by atoms with Crippen LogP contribution in [0.2, 0.25) is 0 Å². The Hall–Kier alpha value is -0.0400. The lowest BCUT2D eigenvalue weighted by Crippen LogP contribution is -2.36. The third kappa shape index (κ3) is 2.22. The second kappa shape index (κ2) is 3.37. The van der Waals surface area contributed by atoms with E-state index < -0.39 is 0 Å². The number of hydrogen-bond acceptors (Lipinski definition) is 1.